The number of nitrogens with two attached hydrogens (primary N) is 1. The molecule has 2 aliphatic rings. The summed E-state index contributed by atoms with van der Waals surface area (Å²) in [7, 11) is 6.15. The van der Waals surface area contributed by atoms with Crippen molar-refractivity contribution < 1.29 is 47.0 Å². The van der Waals surface area contributed by atoms with E-state index < -0.39 is 12.4 Å². The van der Waals surface area contributed by atoms with E-state index >= 15 is 0 Å². The molecule has 0 saturated heterocycles. The first-order valence-electron chi connectivity index (χ1n) is 23.6. The number of nitrogens with one attached hydrogen (secondary N) is 1. The number of oxime groups is 1. The van der Waals surface area contributed by atoms with E-state index in [4.69, 9.17) is 87.7 Å². The Morgan fingerprint density at radius 2 is 1.40 bits per heavy atom. The van der Waals surface area contributed by atoms with Gasteiger partial charge in [0.05, 0.1) is 50.1 Å². The standard InChI is InChI=1S/C22H20ClN5O3.C16H23N5O4.C8H5ClO2.C8H5ClO/c1-12-10-28(11-24-12)17-7-6-16(25-22(17)29-3)21-26-20(13(2)31-27-21)19-8-14-4-5-15(23)9-18(14)30-19;1-10-8-21(9-18-10)13-7-6-12(19-15(13)22-3)14(17)20-25-11(2)16(23-4)24-5;9-5-1-2-6-7(10)4-11-8(6)3-5;9-7-2-1-6-3-4-10-8(6)5-7/h4-11,13,20H,1-3H3,(H,26,27);6-9,11,16H,1-5H3,(H2,17,20);1-3H,4H2;1-5H. The number of hydrogen-bond acceptors (Lipinski definition) is 17. The lowest BCUT2D eigenvalue weighted by Gasteiger charge is -2.26. The summed E-state index contributed by atoms with van der Waals surface area (Å²) < 4.78 is 40.9. The summed E-state index contributed by atoms with van der Waals surface area (Å²) in [5, 5.41) is 7.87. The number of pyridine rings is 2. The van der Waals surface area contributed by atoms with E-state index in [1.807, 2.05) is 96.9 Å². The Morgan fingerprint density at radius 3 is 2.05 bits per heavy atom. The molecule has 0 fully saturated rings. The summed E-state index contributed by atoms with van der Waals surface area (Å²) in [6.07, 6.45) is 7.61. The second kappa shape index (κ2) is 25.2. The van der Waals surface area contributed by atoms with Crippen LogP contribution in [0.4, 0.5) is 0 Å². The van der Waals surface area contributed by atoms with Crippen LogP contribution in [0.25, 0.3) is 33.3 Å². The maximum atomic E-state index is 11.0. The average molecular weight is 1110 g/mol. The van der Waals surface area contributed by atoms with Gasteiger partial charge in [-0.15, -0.1) is 0 Å². The van der Waals surface area contributed by atoms with Crippen molar-refractivity contribution in [3.8, 4) is 28.9 Å². The fraction of sp³-hybridized carbons (Fsp3) is 0.241. The third-order valence-corrected chi connectivity index (χ3v) is 12.3. The lowest BCUT2D eigenvalue weighted by Crippen LogP contribution is -2.38. The predicted molar refractivity (Wildman–Crippen MR) is 291 cm³/mol. The lowest BCUT2D eigenvalue weighted by atomic mass is 10.1. The number of imidazole rings is 2. The number of ether oxygens (including phenoxy) is 5. The van der Waals surface area contributed by atoms with Crippen LogP contribution in [0, 0.1) is 13.8 Å². The third-order valence-electron chi connectivity index (χ3n) is 11.6. The van der Waals surface area contributed by atoms with E-state index in [2.05, 4.69) is 30.6 Å². The number of carbonyl (C=O) groups is 1. The minimum atomic E-state index is -0.550. The van der Waals surface area contributed by atoms with Gasteiger partial charge in [0.25, 0.3) is 0 Å². The van der Waals surface area contributed by atoms with Crippen LogP contribution < -0.4 is 25.4 Å². The van der Waals surface area contributed by atoms with Crippen LogP contribution in [0.1, 0.15) is 58.8 Å². The first kappa shape index (κ1) is 55.3. The molecule has 6 aromatic heterocycles. The van der Waals surface area contributed by atoms with Crippen LogP contribution in [0.2, 0.25) is 15.1 Å². The van der Waals surface area contributed by atoms with Crippen LogP contribution in [-0.2, 0) is 19.1 Å². The molecule has 77 heavy (non-hydrogen) atoms. The number of carbonyl (C=O) groups excluding carboxylic acids is 1. The summed E-state index contributed by atoms with van der Waals surface area (Å²) in [6.45, 7) is 7.66. The van der Waals surface area contributed by atoms with Crippen molar-refractivity contribution in [2.75, 3.05) is 35.0 Å². The second-order valence-electron chi connectivity index (χ2n) is 17.1. The number of hydroxylamine groups is 1. The number of fused-ring (bicyclic) bond motifs is 3. The van der Waals surface area contributed by atoms with Crippen molar-refractivity contribution in [1.82, 2.24) is 34.6 Å². The third kappa shape index (κ3) is 13.5. The molecule has 0 bridgehead atoms. The van der Waals surface area contributed by atoms with Crippen LogP contribution in [0.15, 0.2) is 141 Å². The number of methoxy groups -OCH3 is 4. The van der Waals surface area contributed by atoms with Gasteiger partial charge in [-0.2, -0.15) is 0 Å². The molecule has 0 amide bonds. The highest BCUT2D eigenvalue weighted by Gasteiger charge is 2.30. The summed E-state index contributed by atoms with van der Waals surface area (Å²) in [5.41, 5.74) is 15.4. The first-order chi connectivity index (χ1) is 37.1. The van der Waals surface area contributed by atoms with Gasteiger partial charge >= 0.3 is 0 Å². The van der Waals surface area contributed by atoms with Gasteiger partial charge in [0, 0.05) is 58.5 Å². The number of amidine groups is 2. The lowest BCUT2D eigenvalue weighted by molar-refractivity contribution is -0.175. The highest BCUT2D eigenvalue weighted by atomic mass is 35.5. The molecule has 0 aliphatic carbocycles. The van der Waals surface area contributed by atoms with Crippen molar-refractivity contribution in [1.29, 1.82) is 0 Å². The molecule has 2 aliphatic heterocycles. The van der Waals surface area contributed by atoms with Crippen molar-refractivity contribution in [2.45, 2.75) is 52.2 Å². The molecule has 11 rings (SSSR count). The number of hydrogen-bond donors (Lipinski definition) is 2. The Labute approximate surface area is 457 Å². The van der Waals surface area contributed by atoms with Gasteiger partial charge in [-0.3, -0.25) is 14.6 Å². The monoisotopic (exact) mass is 1110 g/mol. The average Bonchev–Trinajstić information content (AvgIpc) is 4.31. The number of aromatic nitrogens is 6. The minimum absolute atomic E-state index is 0.0247. The highest BCUT2D eigenvalue weighted by molar-refractivity contribution is 6.31. The molecule has 400 valence electrons. The van der Waals surface area contributed by atoms with E-state index in [9.17, 15) is 4.79 Å². The number of halogens is 3. The van der Waals surface area contributed by atoms with Gasteiger partial charge < -0.3 is 52.2 Å². The number of aryl methyl sites for hydroxylation is 2. The molecule has 0 radical (unpaired) electrons. The van der Waals surface area contributed by atoms with Gasteiger partial charge in [0.2, 0.25) is 17.5 Å². The molecular weight excluding hydrogens is 1060 g/mol. The normalized spacial score (nSPS) is 15.2. The molecule has 23 heteroatoms. The molecule has 3 aromatic carbocycles. The van der Waals surface area contributed by atoms with Gasteiger partial charge in [-0.25, -0.2) is 25.4 Å². The van der Waals surface area contributed by atoms with Crippen LogP contribution in [-0.4, -0.2) is 100 Å². The Bertz CT molecular complexity index is 3550. The number of ketones is 1. The first-order valence-corrected chi connectivity index (χ1v) is 24.7. The van der Waals surface area contributed by atoms with Crippen molar-refractivity contribution in [3.05, 3.63) is 171 Å². The van der Waals surface area contributed by atoms with E-state index in [0.717, 1.165) is 39.1 Å². The zero-order chi connectivity index (χ0) is 54.8. The Kier molecular flexibility index (Phi) is 18.1. The molecule has 20 nitrogen and oxygen atoms in total. The number of rotatable bonds is 12. The second-order valence-corrected chi connectivity index (χ2v) is 18.4. The maximum Gasteiger partial charge on any atom is 0.238 e. The molecule has 3 N–H and O–H groups in total. The quantitative estimate of drug-likeness (QED) is 0.0501. The SMILES string of the molecule is COc1nc(/C(N)=N/OC(C)C(OC)OC)ccc1-n1cnc(C)c1.COc1nc(C2=NC(c3cc4ccc(Cl)cc4o3)C(C)ON2)ccc1-n1cnc(C)c1.Clc1ccc2ccoc2c1.O=C1COc2cc(Cl)ccc21. The van der Waals surface area contributed by atoms with Gasteiger partial charge in [0.1, 0.15) is 57.6 Å². The minimum Gasteiger partial charge on any atom is -0.485 e. The Balaban J connectivity index is 0.000000150. The highest BCUT2D eigenvalue weighted by Crippen LogP contribution is 2.33. The number of aliphatic imine (C=N–C) groups is 1. The Morgan fingerprint density at radius 1 is 0.779 bits per heavy atom. The zero-order valence-electron chi connectivity index (χ0n) is 42.9. The summed E-state index contributed by atoms with van der Waals surface area (Å²) in [6, 6.07) is 27.0. The summed E-state index contributed by atoms with van der Waals surface area (Å²) in [5.74, 6) is 2.78. The van der Waals surface area contributed by atoms with Gasteiger partial charge in [-0.1, -0.05) is 40.0 Å². The molecule has 3 atom stereocenters. The molecule has 8 heterocycles. The number of nitrogens with zero attached hydrogens (tertiary/aromatic N) is 8. The number of Topliss-reactive ketones (excluding diaryl/α,β-unsaturated/α-hetero) is 1. The molecular formula is C54H53Cl3N10O10. The zero-order valence-corrected chi connectivity index (χ0v) is 45.2. The van der Waals surface area contributed by atoms with Crippen molar-refractivity contribution in [3.63, 3.8) is 0 Å². The molecule has 0 saturated carbocycles. The van der Waals surface area contributed by atoms with Crippen LogP contribution >= 0.6 is 34.8 Å². The van der Waals surface area contributed by atoms with E-state index in [0.29, 0.717) is 66.7 Å². The predicted octanol–water partition coefficient (Wildman–Crippen LogP) is 10.6. The largest absolute Gasteiger partial charge is 0.485 e. The number of benzene rings is 3. The van der Waals surface area contributed by atoms with Crippen LogP contribution in [0.3, 0.4) is 0 Å². The van der Waals surface area contributed by atoms with Crippen LogP contribution in [0.5, 0.6) is 17.5 Å². The van der Waals surface area contributed by atoms with Gasteiger partial charge in [0.15, 0.2) is 30.7 Å². The molecule has 0 spiro atoms. The van der Waals surface area contributed by atoms with E-state index in [1.165, 1.54) is 21.3 Å². The fourth-order valence-electron chi connectivity index (χ4n) is 7.72. The topological polar surface area (TPSA) is 232 Å². The van der Waals surface area contributed by atoms with E-state index in [-0.39, 0.29) is 30.4 Å². The number of furan rings is 2. The van der Waals surface area contributed by atoms with Crippen molar-refractivity contribution in [2.24, 2.45) is 15.9 Å². The Hall–Kier alpha value is -7.98. The molecule has 9 aromatic rings. The summed E-state index contributed by atoms with van der Waals surface area (Å²) >= 11 is 17.5. The smallest absolute Gasteiger partial charge is 0.238 e. The van der Waals surface area contributed by atoms with Gasteiger partial charge in [-0.05, 0) is 113 Å². The van der Waals surface area contributed by atoms with Crippen molar-refractivity contribution >= 4 is 74.2 Å². The van der Waals surface area contributed by atoms with E-state index in [1.54, 1.807) is 69.3 Å². The maximum absolute atomic E-state index is 11.0. The fourth-order valence-corrected chi connectivity index (χ4v) is 8.21. The molecule has 3 unspecified atom stereocenters. The summed E-state index contributed by atoms with van der Waals surface area (Å²) in [4.78, 5) is 44.3.